The smallest absolute Gasteiger partial charge is 0.253 e. The molecule has 7 heteroatoms. The van der Waals surface area contributed by atoms with Gasteiger partial charge >= 0.3 is 0 Å². The Labute approximate surface area is 156 Å². The molecular weight excluding hydrogens is 350 g/mol. The van der Waals surface area contributed by atoms with Gasteiger partial charge in [-0.05, 0) is 49.9 Å². The number of nitrogens with two attached hydrogens (primary N) is 1. The minimum atomic E-state index is -3.55. The van der Waals surface area contributed by atoms with Crippen LogP contribution in [0.4, 0.5) is 0 Å². The highest BCUT2D eigenvalue weighted by Crippen LogP contribution is 2.23. The molecule has 0 radical (unpaired) electrons. The van der Waals surface area contributed by atoms with E-state index >= 15 is 0 Å². The molecule has 2 aliphatic rings. The summed E-state index contributed by atoms with van der Waals surface area (Å²) in [4.78, 5) is 14.7. The molecular formula is C19H29N3O3S. The third-order valence-electron chi connectivity index (χ3n) is 5.44. The van der Waals surface area contributed by atoms with E-state index in [9.17, 15) is 13.2 Å². The van der Waals surface area contributed by atoms with Crippen molar-refractivity contribution in [2.75, 3.05) is 32.7 Å². The molecule has 144 valence electrons. The Balaban J connectivity index is 1.78. The first-order valence-electron chi connectivity index (χ1n) is 9.62. The molecule has 2 aliphatic heterocycles. The van der Waals surface area contributed by atoms with Crippen molar-refractivity contribution in [3.8, 4) is 0 Å². The van der Waals surface area contributed by atoms with Crippen molar-refractivity contribution < 1.29 is 13.2 Å². The first-order valence-corrected chi connectivity index (χ1v) is 11.1. The highest BCUT2D eigenvalue weighted by Gasteiger charge is 2.28. The van der Waals surface area contributed by atoms with Crippen molar-refractivity contribution in [1.29, 1.82) is 0 Å². The van der Waals surface area contributed by atoms with Gasteiger partial charge in [0.1, 0.15) is 0 Å². The lowest BCUT2D eigenvalue weighted by molar-refractivity contribution is 0.0787. The third-order valence-corrected chi connectivity index (χ3v) is 7.33. The van der Waals surface area contributed by atoms with E-state index in [2.05, 4.69) is 0 Å². The number of nitrogens with zero attached hydrogens (tertiary/aromatic N) is 2. The topological polar surface area (TPSA) is 83.7 Å². The molecule has 2 N–H and O–H groups in total. The summed E-state index contributed by atoms with van der Waals surface area (Å²) >= 11 is 0. The molecule has 1 atom stereocenters. The second-order valence-corrected chi connectivity index (χ2v) is 9.28. The Morgan fingerprint density at radius 3 is 2.42 bits per heavy atom. The second kappa shape index (κ2) is 8.50. The standard InChI is InChI=1S/C19H29N3O3S/c20-14-16-9-12-21(15-16)19(23)17-7-6-8-18(13-17)26(24,25)22-10-4-2-1-3-5-11-22/h6-8,13,16H,1-5,9-12,14-15,20H2/t16-/m1/s1. The van der Waals surface area contributed by atoms with Crippen LogP contribution in [0.25, 0.3) is 0 Å². The van der Waals surface area contributed by atoms with E-state index in [0.29, 0.717) is 44.2 Å². The molecule has 0 spiro atoms. The van der Waals surface area contributed by atoms with Crippen LogP contribution in [0.5, 0.6) is 0 Å². The van der Waals surface area contributed by atoms with E-state index in [-0.39, 0.29) is 10.8 Å². The van der Waals surface area contributed by atoms with Crippen molar-refractivity contribution in [1.82, 2.24) is 9.21 Å². The van der Waals surface area contributed by atoms with Gasteiger partial charge in [0.2, 0.25) is 10.0 Å². The Bertz CT molecular complexity index is 727. The fourth-order valence-corrected chi connectivity index (χ4v) is 5.35. The summed E-state index contributed by atoms with van der Waals surface area (Å²) in [6.07, 6.45) is 6.02. The van der Waals surface area contributed by atoms with Gasteiger partial charge in [-0.2, -0.15) is 4.31 Å². The number of rotatable bonds is 4. The highest BCUT2D eigenvalue weighted by molar-refractivity contribution is 7.89. The molecule has 0 bridgehead atoms. The summed E-state index contributed by atoms with van der Waals surface area (Å²) in [5, 5.41) is 0. The monoisotopic (exact) mass is 379 g/mol. The SMILES string of the molecule is NC[C@H]1CCN(C(=O)c2cccc(S(=O)(=O)N3CCCCCCC3)c2)C1. The minimum absolute atomic E-state index is 0.106. The molecule has 3 rings (SSSR count). The second-order valence-electron chi connectivity index (χ2n) is 7.34. The molecule has 1 aromatic rings. The van der Waals surface area contributed by atoms with Crippen LogP contribution in [-0.2, 0) is 10.0 Å². The van der Waals surface area contributed by atoms with Crippen LogP contribution in [0.15, 0.2) is 29.2 Å². The fraction of sp³-hybridized carbons (Fsp3) is 0.632. The van der Waals surface area contributed by atoms with Gasteiger partial charge in [0.25, 0.3) is 5.91 Å². The van der Waals surface area contributed by atoms with Crippen molar-refractivity contribution >= 4 is 15.9 Å². The maximum absolute atomic E-state index is 13.0. The largest absolute Gasteiger partial charge is 0.338 e. The number of benzene rings is 1. The average Bonchev–Trinajstić information content (AvgIpc) is 3.10. The first-order chi connectivity index (χ1) is 12.5. The van der Waals surface area contributed by atoms with Gasteiger partial charge in [0, 0.05) is 31.7 Å². The van der Waals surface area contributed by atoms with Crippen LogP contribution in [0.3, 0.4) is 0 Å². The van der Waals surface area contributed by atoms with E-state index < -0.39 is 10.0 Å². The zero-order chi connectivity index (χ0) is 18.6. The van der Waals surface area contributed by atoms with E-state index in [1.165, 1.54) is 12.5 Å². The number of sulfonamides is 1. The Kier molecular flexibility index (Phi) is 6.32. The maximum atomic E-state index is 13.0. The van der Waals surface area contributed by atoms with Gasteiger partial charge in [-0.25, -0.2) is 8.42 Å². The number of carbonyl (C=O) groups is 1. The number of amides is 1. The van der Waals surface area contributed by atoms with Gasteiger partial charge in [-0.3, -0.25) is 4.79 Å². The summed E-state index contributed by atoms with van der Waals surface area (Å²) in [6, 6.07) is 6.50. The van der Waals surface area contributed by atoms with Crippen molar-refractivity contribution in [3.05, 3.63) is 29.8 Å². The van der Waals surface area contributed by atoms with E-state index in [1.807, 2.05) is 0 Å². The minimum Gasteiger partial charge on any atom is -0.338 e. The lowest BCUT2D eigenvalue weighted by atomic mass is 10.1. The van der Waals surface area contributed by atoms with Crippen LogP contribution >= 0.6 is 0 Å². The number of hydrogen-bond donors (Lipinski definition) is 1. The van der Waals surface area contributed by atoms with Crippen molar-refractivity contribution in [3.63, 3.8) is 0 Å². The van der Waals surface area contributed by atoms with E-state index in [1.54, 1.807) is 27.4 Å². The molecule has 0 unspecified atom stereocenters. The lowest BCUT2D eigenvalue weighted by Crippen LogP contribution is -2.34. The summed E-state index contributed by atoms with van der Waals surface area (Å²) in [6.45, 7) is 3.03. The quantitative estimate of drug-likeness (QED) is 0.868. The summed E-state index contributed by atoms with van der Waals surface area (Å²) in [7, 11) is -3.55. The Morgan fingerprint density at radius 1 is 1.08 bits per heavy atom. The average molecular weight is 380 g/mol. The lowest BCUT2D eigenvalue weighted by Gasteiger charge is -2.24. The molecule has 2 fully saturated rings. The highest BCUT2D eigenvalue weighted by atomic mass is 32.2. The molecule has 1 aromatic carbocycles. The molecule has 26 heavy (non-hydrogen) atoms. The van der Waals surface area contributed by atoms with Crippen LogP contribution in [-0.4, -0.2) is 56.3 Å². The molecule has 0 saturated carbocycles. The van der Waals surface area contributed by atoms with Gasteiger partial charge in [-0.15, -0.1) is 0 Å². The Hall–Kier alpha value is -1.44. The van der Waals surface area contributed by atoms with Gasteiger partial charge < -0.3 is 10.6 Å². The van der Waals surface area contributed by atoms with Gasteiger partial charge in [0.15, 0.2) is 0 Å². The van der Waals surface area contributed by atoms with Crippen LogP contribution in [0.2, 0.25) is 0 Å². The van der Waals surface area contributed by atoms with Gasteiger partial charge in [-0.1, -0.05) is 25.3 Å². The van der Waals surface area contributed by atoms with E-state index in [4.69, 9.17) is 5.73 Å². The van der Waals surface area contributed by atoms with Crippen molar-refractivity contribution in [2.24, 2.45) is 11.7 Å². The number of hydrogen-bond acceptors (Lipinski definition) is 4. The third kappa shape index (κ3) is 4.27. The molecule has 0 aromatic heterocycles. The molecule has 6 nitrogen and oxygen atoms in total. The zero-order valence-electron chi connectivity index (χ0n) is 15.3. The van der Waals surface area contributed by atoms with Crippen LogP contribution in [0, 0.1) is 5.92 Å². The predicted octanol–water partition coefficient (Wildman–Crippen LogP) is 2.06. The van der Waals surface area contributed by atoms with Gasteiger partial charge in [0.05, 0.1) is 4.90 Å². The number of carbonyl (C=O) groups excluding carboxylic acids is 1. The van der Waals surface area contributed by atoms with Crippen LogP contribution in [0.1, 0.15) is 48.9 Å². The zero-order valence-corrected chi connectivity index (χ0v) is 16.1. The summed E-state index contributed by atoms with van der Waals surface area (Å²) in [5.41, 5.74) is 6.14. The summed E-state index contributed by atoms with van der Waals surface area (Å²) in [5.74, 6) is 0.234. The van der Waals surface area contributed by atoms with Crippen molar-refractivity contribution in [2.45, 2.75) is 43.4 Å². The normalized spacial score (nSPS) is 22.8. The first kappa shape index (κ1) is 19.3. The molecule has 0 aliphatic carbocycles. The number of likely N-dealkylation sites (tertiary alicyclic amines) is 1. The Morgan fingerprint density at radius 2 is 1.77 bits per heavy atom. The molecule has 1 amide bonds. The predicted molar refractivity (Wildman–Crippen MR) is 101 cm³/mol. The fourth-order valence-electron chi connectivity index (χ4n) is 3.79. The molecule has 2 heterocycles. The van der Waals surface area contributed by atoms with Crippen LogP contribution < -0.4 is 5.73 Å². The molecule has 2 saturated heterocycles. The van der Waals surface area contributed by atoms with E-state index in [0.717, 1.165) is 32.1 Å². The maximum Gasteiger partial charge on any atom is 0.253 e. The summed E-state index contributed by atoms with van der Waals surface area (Å²) < 4.78 is 27.6.